The maximum Gasteiger partial charge on any atom is 0.152 e. The van der Waals surface area contributed by atoms with E-state index in [-0.39, 0.29) is 4.75 Å². The summed E-state index contributed by atoms with van der Waals surface area (Å²) in [7, 11) is 1.61. The van der Waals surface area contributed by atoms with Crippen LogP contribution in [0.3, 0.4) is 0 Å². The number of nitrogens with zero attached hydrogens (tertiary/aromatic N) is 3. The number of pyridine rings is 1. The minimum absolute atomic E-state index is 0.376. The Morgan fingerprint density at radius 3 is 2.75 bits per heavy atom. The van der Waals surface area contributed by atoms with Gasteiger partial charge >= 0.3 is 0 Å². The summed E-state index contributed by atoms with van der Waals surface area (Å²) in [5.41, 5.74) is 1.41. The van der Waals surface area contributed by atoms with Crippen molar-refractivity contribution in [2.45, 2.75) is 25.5 Å². The zero-order chi connectivity index (χ0) is 14.9. The Bertz CT molecular complexity index is 649. The van der Waals surface area contributed by atoms with Gasteiger partial charge in [0.15, 0.2) is 5.65 Å². The molecular weight excluding hydrogens is 342 g/mol. The van der Waals surface area contributed by atoms with E-state index >= 15 is 0 Å². The minimum atomic E-state index is -1.29. The van der Waals surface area contributed by atoms with Crippen LogP contribution in [-0.4, -0.2) is 32.0 Å². The molecule has 7 heteroatoms. The van der Waals surface area contributed by atoms with Crippen molar-refractivity contribution in [1.29, 1.82) is 0 Å². The topological polar surface area (TPSA) is 62.0 Å². The first-order valence-corrected chi connectivity index (χ1v) is 7.89. The molecule has 0 spiro atoms. The third kappa shape index (κ3) is 3.34. The fraction of sp³-hybridized carbons (Fsp3) is 0.385. The maximum atomic E-state index is 11.9. The van der Waals surface area contributed by atoms with Crippen LogP contribution in [-0.2, 0) is 11.4 Å². The summed E-state index contributed by atoms with van der Waals surface area (Å²) < 4.78 is 23.4. The molecule has 1 unspecified atom stereocenters. The molecule has 20 heavy (non-hydrogen) atoms. The van der Waals surface area contributed by atoms with Crippen LogP contribution in [0.2, 0.25) is 0 Å². The minimum Gasteiger partial charge on any atom is -0.591 e. The number of rotatable bonds is 3. The van der Waals surface area contributed by atoms with Gasteiger partial charge in [-0.25, -0.2) is 4.98 Å². The third-order valence-electron chi connectivity index (χ3n) is 2.54. The maximum absolute atomic E-state index is 11.9. The molecule has 108 valence electrons. The molecule has 0 radical (unpaired) electrons. The summed E-state index contributed by atoms with van der Waals surface area (Å²) in [5.74, 6) is 0.725. The number of hydrogen-bond acceptors (Lipinski definition) is 4. The molecule has 2 aromatic rings. The summed E-state index contributed by atoms with van der Waals surface area (Å²) in [4.78, 5) is 4.42. The predicted molar refractivity (Wildman–Crippen MR) is 84.9 cm³/mol. The van der Waals surface area contributed by atoms with Crippen LogP contribution in [0.15, 0.2) is 27.3 Å². The van der Waals surface area contributed by atoms with Gasteiger partial charge in [0.1, 0.15) is 33.8 Å². The number of hydrogen-bond donors (Lipinski definition) is 0. The zero-order valence-corrected chi connectivity index (χ0v) is 14.2. The second-order valence-electron chi connectivity index (χ2n) is 5.22. The van der Waals surface area contributed by atoms with Crippen LogP contribution in [0.25, 0.3) is 5.65 Å². The monoisotopic (exact) mass is 357 g/mol. The number of ether oxygens (including phenoxy) is 1. The Hall–Kier alpha value is -1.05. The summed E-state index contributed by atoms with van der Waals surface area (Å²) in [6.45, 7) is 5.64. The Morgan fingerprint density at radius 1 is 1.45 bits per heavy atom. The summed E-state index contributed by atoms with van der Waals surface area (Å²) in [6, 6.07) is 1.84. The summed E-state index contributed by atoms with van der Waals surface area (Å²) in [5, 5.41) is 0. The van der Waals surface area contributed by atoms with E-state index in [1.165, 1.54) is 6.21 Å². The molecule has 1 atom stereocenters. The number of fused-ring (bicyclic) bond motifs is 1. The van der Waals surface area contributed by atoms with Gasteiger partial charge in [-0.1, -0.05) is 4.40 Å². The standard InChI is InChI=1S/C13H16BrN3O2S/c1-13(2,3)20(18)15-6-9-7-17-8-10(19-4)5-11(14)12(17)16-9/h5-8H,1-4H3. The molecule has 0 N–H and O–H groups in total. The summed E-state index contributed by atoms with van der Waals surface area (Å²) >= 11 is 2.16. The molecule has 0 aliphatic heterocycles. The van der Waals surface area contributed by atoms with E-state index in [0.29, 0.717) is 5.69 Å². The first-order chi connectivity index (χ1) is 9.31. The van der Waals surface area contributed by atoms with Crippen molar-refractivity contribution in [1.82, 2.24) is 9.38 Å². The van der Waals surface area contributed by atoms with Crippen molar-refractivity contribution in [3.63, 3.8) is 0 Å². The first kappa shape index (κ1) is 15.3. The highest BCUT2D eigenvalue weighted by molar-refractivity contribution is 9.10. The number of halogens is 1. The highest BCUT2D eigenvalue weighted by Gasteiger charge is 2.25. The van der Waals surface area contributed by atoms with Gasteiger partial charge in [-0.15, -0.1) is 0 Å². The second kappa shape index (κ2) is 5.75. The molecule has 0 aromatic carbocycles. The van der Waals surface area contributed by atoms with Crippen LogP contribution in [0, 0.1) is 0 Å². The number of aromatic nitrogens is 2. The molecule has 0 aliphatic carbocycles. The molecule has 2 aromatic heterocycles. The lowest BCUT2D eigenvalue weighted by Crippen LogP contribution is -2.25. The molecule has 0 saturated carbocycles. The van der Waals surface area contributed by atoms with Crippen LogP contribution >= 0.6 is 15.9 Å². The molecule has 0 saturated heterocycles. The van der Waals surface area contributed by atoms with Gasteiger partial charge in [-0.05, 0) is 42.8 Å². The van der Waals surface area contributed by atoms with E-state index < -0.39 is 11.4 Å². The molecule has 2 rings (SSSR count). The largest absolute Gasteiger partial charge is 0.591 e. The lowest BCUT2D eigenvalue weighted by atomic mass is 10.3. The van der Waals surface area contributed by atoms with Gasteiger partial charge < -0.3 is 13.7 Å². The Labute approximate surface area is 129 Å². The molecule has 2 heterocycles. The third-order valence-corrected chi connectivity index (χ3v) is 4.47. The van der Waals surface area contributed by atoms with Crippen molar-refractivity contribution < 1.29 is 9.29 Å². The molecule has 0 fully saturated rings. The number of imidazole rings is 1. The van der Waals surface area contributed by atoms with E-state index in [1.807, 2.05) is 43.6 Å². The average Bonchev–Trinajstić information content (AvgIpc) is 2.78. The lowest BCUT2D eigenvalue weighted by Gasteiger charge is -2.17. The fourth-order valence-corrected chi connectivity index (χ4v) is 2.52. The van der Waals surface area contributed by atoms with Crippen LogP contribution in [0.4, 0.5) is 0 Å². The van der Waals surface area contributed by atoms with Crippen molar-refractivity contribution in [3.8, 4) is 5.75 Å². The summed E-state index contributed by atoms with van der Waals surface area (Å²) in [6.07, 6.45) is 5.17. The second-order valence-corrected chi connectivity index (χ2v) is 8.01. The van der Waals surface area contributed by atoms with Crippen LogP contribution < -0.4 is 4.74 Å². The van der Waals surface area contributed by atoms with Crippen molar-refractivity contribution in [2.24, 2.45) is 4.40 Å². The van der Waals surface area contributed by atoms with E-state index in [9.17, 15) is 4.55 Å². The number of methoxy groups -OCH3 is 1. The molecule has 0 aliphatic rings. The Morgan fingerprint density at radius 2 is 2.15 bits per heavy atom. The van der Waals surface area contributed by atoms with Gasteiger partial charge in [0.25, 0.3) is 0 Å². The quantitative estimate of drug-likeness (QED) is 0.626. The van der Waals surface area contributed by atoms with Crippen molar-refractivity contribution in [2.75, 3.05) is 7.11 Å². The Kier molecular flexibility index (Phi) is 4.41. The fourth-order valence-electron chi connectivity index (χ4n) is 1.49. The van der Waals surface area contributed by atoms with E-state index in [0.717, 1.165) is 15.9 Å². The van der Waals surface area contributed by atoms with Gasteiger partial charge in [0.2, 0.25) is 0 Å². The van der Waals surface area contributed by atoms with Gasteiger partial charge in [-0.3, -0.25) is 0 Å². The van der Waals surface area contributed by atoms with Gasteiger partial charge in [-0.2, -0.15) is 0 Å². The molecule has 5 nitrogen and oxygen atoms in total. The van der Waals surface area contributed by atoms with Crippen LogP contribution in [0.1, 0.15) is 26.5 Å². The Balaban J connectivity index is 2.33. The zero-order valence-electron chi connectivity index (χ0n) is 11.8. The van der Waals surface area contributed by atoms with E-state index in [1.54, 1.807) is 7.11 Å². The van der Waals surface area contributed by atoms with Crippen molar-refractivity contribution >= 4 is 39.2 Å². The highest BCUT2D eigenvalue weighted by Crippen LogP contribution is 2.23. The van der Waals surface area contributed by atoms with Gasteiger partial charge in [0.05, 0.1) is 17.8 Å². The molecular formula is C13H16BrN3O2S. The van der Waals surface area contributed by atoms with Crippen LogP contribution in [0.5, 0.6) is 5.75 Å². The molecule has 0 bridgehead atoms. The van der Waals surface area contributed by atoms with E-state index in [4.69, 9.17) is 4.74 Å². The van der Waals surface area contributed by atoms with Crippen molar-refractivity contribution in [3.05, 3.63) is 28.6 Å². The van der Waals surface area contributed by atoms with Gasteiger partial charge in [0, 0.05) is 6.20 Å². The SMILES string of the molecule is COc1cc(Br)c2nc(C=N[S+]([O-])C(C)(C)C)cn2c1. The molecule has 0 amide bonds. The lowest BCUT2D eigenvalue weighted by molar-refractivity contribution is 0.412. The predicted octanol–water partition coefficient (Wildman–Crippen LogP) is 2.99. The average molecular weight is 358 g/mol. The smallest absolute Gasteiger partial charge is 0.152 e. The van der Waals surface area contributed by atoms with E-state index in [2.05, 4.69) is 25.3 Å². The first-order valence-electron chi connectivity index (χ1n) is 5.99. The highest BCUT2D eigenvalue weighted by atomic mass is 79.9. The normalized spacial score (nSPS) is 14.1.